The molecule has 146 valence electrons. The van der Waals surface area contributed by atoms with Crippen LogP contribution in [0, 0.1) is 5.41 Å². The molecule has 1 aliphatic heterocycles. The van der Waals surface area contributed by atoms with Crippen LogP contribution in [0.2, 0.25) is 16.6 Å². The third kappa shape index (κ3) is 2.63. The number of ketones is 1. The first kappa shape index (κ1) is 20.0. The first-order valence-electron chi connectivity index (χ1n) is 10.4. The molecule has 0 unspecified atom stereocenters. The smallest absolute Gasteiger partial charge is 0.200 e. The summed E-state index contributed by atoms with van der Waals surface area (Å²) in [5.41, 5.74) is 2.36. The van der Waals surface area contributed by atoms with Gasteiger partial charge in [0.1, 0.15) is 5.60 Å². The maximum Gasteiger partial charge on any atom is 0.200 e. The Morgan fingerprint density at radius 2 is 1.77 bits per heavy atom. The number of ether oxygens (including phenoxy) is 1. The van der Waals surface area contributed by atoms with E-state index in [2.05, 4.69) is 48.5 Å². The number of rotatable bonds is 5. The van der Waals surface area contributed by atoms with Crippen LogP contribution in [0.25, 0.3) is 0 Å². The van der Waals surface area contributed by atoms with Gasteiger partial charge in [0.05, 0.1) is 6.10 Å². The highest BCUT2D eigenvalue weighted by Gasteiger charge is 2.63. The zero-order valence-electron chi connectivity index (χ0n) is 17.6. The first-order chi connectivity index (χ1) is 12.1. The lowest BCUT2D eigenvalue weighted by Crippen LogP contribution is -2.60. The summed E-state index contributed by atoms with van der Waals surface area (Å²) in [5.74, 6) is 0.0955. The number of carbonyl (C=O) groups is 1. The van der Waals surface area contributed by atoms with E-state index < -0.39 is 13.9 Å². The third-order valence-electron chi connectivity index (χ3n) is 7.52. The minimum atomic E-state index is -1.96. The standard InChI is InChI=1S/C22H36O3Si/c1-15(2)26(16(3)4,17(5)6)25-20-9-8-18-14-19(23)10-11-22(18)21(20,7)12-13-24-22/h10-11,14-17,20H,8-9,12-13H2,1-7H3/t20-,21+,22-/m1/s1. The van der Waals surface area contributed by atoms with Crippen molar-refractivity contribution in [3.8, 4) is 0 Å². The van der Waals surface area contributed by atoms with Crippen molar-refractivity contribution in [1.29, 1.82) is 0 Å². The van der Waals surface area contributed by atoms with Gasteiger partial charge in [-0.1, -0.05) is 48.5 Å². The van der Waals surface area contributed by atoms with Gasteiger partial charge in [0.15, 0.2) is 5.78 Å². The third-order valence-corrected chi connectivity index (χ3v) is 13.6. The van der Waals surface area contributed by atoms with Gasteiger partial charge in [-0.15, -0.1) is 0 Å². The van der Waals surface area contributed by atoms with E-state index >= 15 is 0 Å². The molecule has 4 heteroatoms. The van der Waals surface area contributed by atoms with E-state index in [0.717, 1.165) is 31.4 Å². The molecular formula is C22H36O3Si. The Balaban J connectivity index is 2.01. The molecule has 3 atom stereocenters. The van der Waals surface area contributed by atoms with Crippen LogP contribution < -0.4 is 0 Å². The molecule has 1 saturated heterocycles. The first-order valence-corrected chi connectivity index (χ1v) is 12.5. The lowest BCUT2D eigenvalue weighted by molar-refractivity contribution is -0.112. The molecule has 0 aromatic heterocycles. The molecule has 1 saturated carbocycles. The van der Waals surface area contributed by atoms with E-state index in [4.69, 9.17) is 9.16 Å². The van der Waals surface area contributed by atoms with Crippen LogP contribution in [-0.2, 0) is 14.0 Å². The van der Waals surface area contributed by atoms with Crippen molar-refractivity contribution in [3.05, 3.63) is 23.8 Å². The Morgan fingerprint density at radius 1 is 1.15 bits per heavy atom. The molecule has 2 aliphatic carbocycles. The van der Waals surface area contributed by atoms with E-state index in [1.165, 1.54) is 0 Å². The molecule has 0 N–H and O–H groups in total. The van der Waals surface area contributed by atoms with Crippen LogP contribution in [0.15, 0.2) is 23.8 Å². The van der Waals surface area contributed by atoms with Crippen molar-refractivity contribution in [1.82, 2.24) is 0 Å². The van der Waals surface area contributed by atoms with Crippen molar-refractivity contribution >= 4 is 14.1 Å². The second kappa shape index (κ2) is 6.71. The van der Waals surface area contributed by atoms with Crippen LogP contribution in [0.5, 0.6) is 0 Å². The van der Waals surface area contributed by atoms with Gasteiger partial charge in [0, 0.05) is 12.0 Å². The fourth-order valence-corrected chi connectivity index (χ4v) is 11.9. The molecular weight excluding hydrogens is 340 g/mol. The van der Waals surface area contributed by atoms with E-state index in [0.29, 0.717) is 16.6 Å². The Labute approximate surface area is 160 Å². The fraction of sp³-hybridized carbons (Fsp3) is 0.773. The van der Waals surface area contributed by atoms with Crippen molar-refractivity contribution in [2.45, 2.75) is 96.1 Å². The summed E-state index contributed by atoms with van der Waals surface area (Å²) in [6.45, 7) is 17.2. The Kier molecular flexibility index (Phi) is 5.17. The number of allylic oxidation sites excluding steroid dienone is 2. The van der Waals surface area contributed by atoms with Crippen molar-refractivity contribution < 1.29 is 14.0 Å². The van der Waals surface area contributed by atoms with Crippen LogP contribution in [-0.4, -0.2) is 32.4 Å². The molecule has 3 aliphatic rings. The normalized spacial score (nSPS) is 34.5. The topological polar surface area (TPSA) is 35.5 Å². The average molecular weight is 377 g/mol. The fourth-order valence-electron chi connectivity index (χ4n) is 6.21. The summed E-state index contributed by atoms with van der Waals surface area (Å²) in [7, 11) is -1.96. The zero-order valence-corrected chi connectivity index (χ0v) is 18.6. The van der Waals surface area contributed by atoms with E-state index in [1.54, 1.807) is 6.08 Å². The van der Waals surface area contributed by atoms with Crippen molar-refractivity contribution in [2.75, 3.05) is 6.61 Å². The molecule has 3 nitrogen and oxygen atoms in total. The zero-order chi connectivity index (χ0) is 19.3. The second-order valence-electron chi connectivity index (χ2n) is 9.62. The van der Waals surface area contributed by atoms with Gasteiger partial charge in [-0.25, -0.2) is 0 Å². The quantitative estimate of drug-likeness (QED) is 0.588. The monoisotopic (exact) mass is 376 g/mol. The van der Waals surface area contributed by atoms with Gasteiger partial charge in [-0.05, 0) is 59.7 Å². The second-order valence-corrected chi connectivity index (χ2v) is 15.0. The van der Waals surface area contributed by atoms with Crippen LogP contribution in [0.1, 0.15) is 67.7 Å². The number of carbonyl (C=O) groups excluding carboxylic acids is 1. The highest BCUT2D eigenvalue weighted by Crippen LogP contribution is 2.59. The minimum Gasteiger partial charge on any atom is -0.412 e. The average Bonchev–Trinajstić information content (AvgIpc) is 2.89. The van der Waals surface area contributed by atoms with Gasteiger partial charge < -0.3 is 9.16 Å². The lowest BCUT2D eigenvalue weighted by atomic mass is 9.59. The highest BCUT2D eigenvalue weighted by molar-refractivity contribution is 6.77. The van der Waals surface area contributed by atoms with E-state index in [-0.39, 0.29) is 17.3 Å². The molecule has 0 aromatic rings. The predicted molar refractivity (Wildman–Crippen MR) is 109 cm³/mol. The van der Waals surface area contributed by atoms with Gasteiger partial charge in [0.25, 0.3) is 0 Å². The van der Waals surface area contributed by atoms with Crippen molar-refractivity contribution in [3.63, 3.8) is 0 Å². The Morgan fingerprint density at radius 3 is 2.35 bits per heavy atom. The summed E-state index contributed by atoms with van der Waals surface area (Å²) in [6.07, 6.45) is 8.64. The SMILES string of the molecule is CC(C)[Si](O[C@@H]1CCC2=CC(=O)C=C[C@@]23OCC[C@@]13C)(C(C)C)C(C)C. The molecule has 2 fully saturated rings. The van der Waals surface area contributed by atoms with Gasteiger partial charge >= 0.3 is 0 Å². The summed E-state index contributed by atoms with van der Waals surface area (Å²) < 4.78 is 13.6. The largest absolute Gasteiger partial charge is 0.412 e. The minimum absolute atomic E-state index is 0.0921. The highest BCUT2D eigenvalue weighted by atomic mass is 28.4. The summed E-state index contributed by atoms with van der Waals surface area (Å²) in [5, 5.41) is 0. The molecule has 0 aromatic carbocycles. The molecule has 1 spiro atoms. The Bertz CT molecular complexity index is 612. The maximum atomic E-state index is 11.9. The van der Waals surface area contributed by atoms with Crippen molar-refractivity contribution in [2.24, 2.45) is 5.41 Å². The number of hydrogen-bond acceptors (Lipinski definition) is 3. The molecule has 0 bridgehead atoms. The molecule has 0 radical (unpaired) electrons. The van der Waals surface area contributed by atoms with Gasteiger partial charge in [0.2, 0.25) is 8.32 Å². The van der Waals surface area contributed by atoms with Gasteiger partial charge in [-0.3, -0.25) is 4.79 Å². The maximum absolute atomic E-state index is 11.9. The predicted octanol–water partition coefficient (Wildman–Crippen LogP) is 5.57. The van der Waals surface area contributed by atoms with E-state index in [9.17, 15) is 4.79 Å². The molecule has 0 amide bonds. The Hall–Kier alpha value is -0.713. The van der Waals surface area contributed by atoms with Crippen LogP contribution >= 0.6 is 0 Å². The lowest BCUT2D eigenvalue weighted by Gasteiger charge is -2.55. The number of hydrogen-bond donors (Lipinski definition) is 0. The molecule has 26 heavy (non-hydrogen) atoms. The van der Waals surface area contributed by atoms with Gasteiger partial charge in [-0.2, -0.15) is 0 Å². The summed E-state index contributed by atoms with van der Waals surface area (Å²) in [4.78, 5) is 11.9. The van der Waals surface area contributed by atoms with Crippen LogP contribution in [0.3, 0.4) is 0 Å². The van der Waals surface area contributed by atoms with E-state index in [1.807, 2.05) is 12.2 Å². The molecule has 3 rings (SSSR count). The summed E-state index contributed by atoms with van der Waals surface area (Å²) in [6, 6.07) is 0. The summed E-state index contributed by atoms with van der Waals surface area (Å²) >= 11 is 0. The molecule has 1 heterocycles. The van der Waals surface area contributed by atoms with Crippen LogP contribution in [0.4, 0.5) is 0 Å².